The molecule has 0 saturated carbocycles. The third kappa shape index (κ3) is 5.36. The summed E-state index contributed by atoms with van der Waals surface area (Å²) in [5.41, 5.74) is -0.979. The van der Waals surface area contributed by atoms with E-state index in [9.17, 15) is 17.6 Å². The normalized spacial score (nSPS) is 9.96. The van der Waals surface area contributed by atoms with Gasteiger partial charge in [0, 0.05) is 23.1 Å². The summed E-state index contributed by atoms with van der Waals surface area (Å²) in [5, 5.41) is 43.0. The van der Waals surface area contributed by atoms with Crippen molar-refractivity contribution in [3.8, 4) is 11.5 Å². The van der Waals surface area contributed by atoms with E-state index in [0.29, 0.717) is 18.2 Å². The predicted octanol–water partition coefficient (Wildman–Crippen LogP) is -0.997. The molecule has 0 aromatic heterocycles. The minimum atomic E-state index is -2.06. The van der Waals surface area contributed by atoms with Crippen LogP contribution in [-0.2, 0) is 0 Å². The summed E-state index contributed by atoms with van der Waals surface area (Å²) in [4.78, 5) is 0. The lowest BCUT2D eigenvalue weighted by atomic mass is 9.80. The van der Waals surface area contributed by atoms with Gasteiger partial charge in [-0.2, -0.15) is 0 Å². The highest BCUT2D eigenvalue weighted by molar-refractivity contribution is 6.59. The summed E-state index contributed by atoms with van der Waals surface area (Å²) in [6, 6.07) is 2.43. The van der Waals surface area contributed by atoms with Gasteiger partial charge in [0.2, 0.25) is 0 Å². The van der Waals surface area contributed by atoms with Crippen LogP contribution in [0.15, 0.2) is 24.3 Å². The topological polar surface area (TPSA) is 110 Å². The molecule has 0 aliphatic rings. The predicted molar refractivity (Wildman–Crippen MR) is 80.6 cm³/mol. The van der Waals surface area contributed by atoms with E-state index in [2.05, 4.69) is 4.74 Å². The summed E-state index contributed by atoms with van der Waals surface area (Å²) in [6.07, 6.45) is 0. The van der Waals surface area contributed by atoms with E-state index < -0.39 is 54.2 Å². The maximum absolute atomic E-state index is 12.8. The molecular weight excluding hydrogens is 350 g/mol. The van der Waals surface area contributed by atoms with Crippen LogP contribution in [0.5, 0.6) is 11.5 Å². The van der Waals surface area contributed by atoms with Crippen LogP contribution < -0.4 is 15.7 Å². The van der Waals surface area contributed by atoms with Gasteiger partial charge >= 0.3 is 14.2 Å². The van der Waals surface area contributed by atoms with Crippen LogP contribution in [0.1, 0.15) is 0 Å². The first-order valence-electron chi connectivity index (χ1n) is 6.51. The van der Waals surface area contributed by atoms with E-state index in [4.69, 9.17) is 25.2 Å². The third-order valence-corrected chi connectivity index (χ3v) is 2.89. The number of phenolic OH excluding ortho intramolecular Hbond substituents is 1. The average Bonchev–Trinajstić information content (AvgIpc) is 2.51. The molecule has 134 valence electrons. The molecule has 0 heterocycles. The first-order chi connectivity index (χ1) is 11.6. The molecule has 0 aliphatic carbocycles. The van der Waals surface area contributed by atoms with Gasteiger partial charge in [-0.3, -0.25) is 0 Å². The second kappa shape index (κ2) is 8.72. The van der Waals surface area contributed by atoms with Crippen LogP contribution in [0.4, 0.5) is 17.6 Å². The van der Waals surface area contributed by atoms with E-state index in [-0.39, 0.29) is 5.75 Å². The van der Waals surface area contributed by atoms with Gasteiger partial charge < -0.3 is 29.9 Å². The van der Waals surface area contributed by atoms with Crippen molar-refractivity contribution in [1.82, 2.24) is 0 Å². The number of phenols is 1. The highest BCUT2D eigenvalue weighted by Gasteiger charge is 2.20. The first-order valence-corrected chi connectivity index (χ1v) is 6.51. The summed E-state index contributed by atoms with van der Waals surface area (Å²) in [5.74, 6) is -5.21. The SMILES string of the molecule is COc1cc(B(O)O)c(F)cc1F.OB(O)c1cc(O)c(F)cc1F. The number of aromatic hydroxyl groups is 1. The summed E-state index contributed by atoms with van der Waals surface area (Å²) >= 11 is 0. The van der Waals surface area contributed by atoms with Crippen LogP contribution in [0, 0.1) is 23.3 Å². The van der Waals surface area contributed by atoms with Crippen molar-refractivity contribution in [2.45, 2.75) is 0 Å². The Morgan fingerprint density at radius 2 is 1.16 bits per heavy atom. The van der Waals surface area contributed by atoms with Crippen molar-refractivity contribution in [3.63, 3.8) is 0 Å². The number of hydrogen-bond acceptors (Lipinski definition) is 6. The van der Waals surface area contributed by atoms with Gasteiger partial charge in [0.05, 0.1) is 7.11 Å². The highest BCUT2D eigenvalue weighted by Crippen LogP contribution is 2.15. The van der Waals surface area contributed by atoms with E-state index in [1.807, 2.05) is 0 Å². The van der Waals surface area contributed by atoms with Gasteiger partial charge in [0.1, 0.15) is 11.6 Å². The van der Waals surface area contributed by atoms with E-state index >= 15 is 0 Å². The molecule has 12 heteroatoms. The quantitative estimate of drug-likeness (QED) is 0.354. The van der Waals surface area contributed by atoms with Gasteiger partial charge in [-0.25, -0.2) is 17.6 Å². The van der Waals surface area contributed by atoms with Gasteiger partial charge in [0.25, 0.3) is 0 Å². The Labute approximate surface area is 139 Å². The molecule has 0 bridgehead atoms. The second-order valence-corrected chi connectivity index (χ2v) is 4.58. The lowest BCUT2D eigenvalue weighted by Crippen LogP contribution is -2.33. The zero-order valence-corrected chi connectivity index (χ0v) is 12.6. The number of ether oxygens (including phenoxy) is 1. The molecule has 0 amide bonds. The number of halogens is 4. The molecule has 0 aliphatic heterocycles. The van der Waals surface area contributed by atoms with Crippen molar-refractivity contribution >= 4 is 25.2 Å². The molecule has 25 heavy (non-hydrogen) atoms. The van der Waals surface area contributed by atoms with Crippen LogP contribution in [0.2, 0.25) is 0 Å². The Balaban J connectivity index is 0.000000251. The van der Waals surface area contributed by atoms with Crippen LogP contribution in [-0.4, -0.2) is 46.5 Å². The smallest absolute Gasteiger partial charge is 0.491 e. The van der Waals surface area contributed by atoms with Gasteiger partial charge in [-0.1, -0.05) is 0 Å². The Hall–Kier alpha value is -2.27. The maximum atomic E-state index is 12.8. The molecule has 5 N–H and O–H groups in total. The maximum Gasteiger partial charge on any atom is 0.491 e. The van der Waals surface area contributed by atoms with Gasteiger partial charge in [-0.15, -0.1) is 0 Å². The number of methoxy groups -OCH3 is 1. The summed E-state index contributed by atoms with van der Waals surface area (Å²) in [6.45, 7) is 0. The van der Waals surface area contributed by atoms with Crippen LogP contribution in [0.25, 0.3) is 0 Å². The standard InChI is InChI=1S/C7H7BF2O3.C6H5BF2O3/c1-13-7-2-4(8(11)12)5(9)3-6(7)10;8-4-2-5(9)6(10)1-3(4)7(11)12/h2-3,11-12H,1H3;1-2,10-12H. The Morgan fingerprint density at radius 3 is 1.60 bits per heavy atom. The number of rotatable bonds is 3. The van der Waals surface area contributed by atoms with Crippen LogP contribution >= 0.6 is 0 Å². The lowest BCUT2D eigenvalue weighted by Gasteiger charge is -2.05. The molecule has 2 rings (SSSR count). The third-order valence-electron chi connectivity index (χ3n) is 2.89. The molecule has 0 atom stereocenters. The molecule has 0 radical (unpaired) electrons. The monoisotopic (exact) mass is 362 g/mol. The van der Waals surface area contributed by atoms with Crippen LogP contribution in [0.3, 0.4) is 0 Å². The van der Waals surface area contributed by atoms with Crippen molar-refractivity contribution < 1.29 is 47.5 Å². The average molecular weight is 362 g/mol. The fourth-order valence-electron chi connectivity index (χ4n) is 1.65. The van der Waals surface area contributed by atoms with Gasteiger partial charge in [0.15, 0.2) is 23.1 Å². The largest absolute Gasteiger partial charge is 0.505 e. The minimum Gasteiger partial charge on any atom is -0.505 e. The zero-order chi connectivity index (χ0) is 19.3. The molecule has 0 fully saturated rings. The first kappa shape index (κ1) is 20.8. The molecule has 2 aromatic carbocycles. The lowest BCUT2D eigenvalue weighted by molar-refractivity contribution is 0.383. The molecule has 0 spiro atoms. The minimum absolute atomic E-state index is 0.232. The molecular formula is C13H12B2F4O6. The fourth-order valence-corrected chi connectivity index (χ4v) is 1.65. The molecule has 2 aromatic rings. The van der Waals surface area contributed by atoms with Crippen molar-refractivity contribution in [1.29, 1.82) is 0 Å². The van der Waals surface area contributed by atoms with E-state index in [0.717, 1.165) is 6.07 Å². The molecule has 0 unspecified atom stereocenters. The molecule has 0 saturated heterocycles. The number of hydrogen-bond donors (Lipinski definition) is 5. The van der Waals surface area contributed by atoms with E-state index in [1.54, 1.807) is 0 Å². The Bertz CT molecular complexity index is 745. The Kier molecular flexibility index (Phi) is 7.24. The van der Waals surface area contributed by atoms with Crippen molar-refractivity contribution in [2.75, 3.05) is 7.11 Å². The van der Waals surface area contributed by atoms with Crippen molar-refractivity contribution in [2.24, 2.45) is 0 Å². The number of benzene rings is 2. The molecule has 6 nitrogen and oxygen atoms in total. The van der Waals surface area contributed by atoms with Gasteiger partial charge in [-0.05, 0) is 12.1 Å². The van der Waals surface area contributed by atoms with E-state index in [1.165, 1.54) is 7.11 Å². The zero-order valence-electron chi connectivity index (χ0n) is 12.6. The second-order valence-electron chi connectivity index (χ2n) is 4.58. The Morgan fingerprint density at radius 1 is 0.720 bits per heavy atom. The highest BCUT2D eigenvalue weighted by atomic mass is 19.1. The fraction of sp³-hybridized carbons (Fsp3) is 0.0769. The summed E-state index contributed by atoms with van der Waals surface area (Å²) < 4.78 is 55.1. The summed E-state index contributed by atoms with van der Waals surface area (Å²) in [7, 11) is -2.84. The van der Waals surface area contributed by atoms with Crippen molar-refractivity contribution in [3.05, 3.63) is 47.5 Å².